The van der Waals surface area contributed by atoms with Crippen LogP contribution in [0.25, 0.3) is 11.1 Å². The number of nitro groups is 1. The van der Waals surface area contributed by atoms with E-state index in [1.54, 1.807) is 24.3 Å². The SMILES string of the molecule is O=C(COC(=O)c1cccc(NC(=O)c2cccc([N+](=O)[O-])c2)c1)c1ccc(-c2ccccc2)cc1. The van der Waals surface area contributed by atoms with Crippen molar-refractivity contribution in [2.24, 2.45) is 0 Å². The molecular formula is C28H20N2O6. The van der Waals surface area contributed by atoms with Crippen molar-refractivity contribution >= 4 is 29.0 Å². The Morgan fingerprint density at radius 2 is 1.39 bits per heavy atom. The first kappa shape index (κ1) is 24.0. The van der Waals surface area contributed by atoms with E-state index >= 15 is 0 Å². The Kier molecular flexibility index (Phi) is 7.26. The lowest BCUT2D eigenvalue weighted by Crippen LogP contribution is -2.15. The van der Waals surface area contributed by atoms with Crippen LogP contribution in [0.3, 0.4) is 0 Å². The van der Waals surface area contributed by atoms with Crippen molar-refractivity contribution in [3.05, 3.63) is 130 Å². The van der Waals surface area contributed by atoms with Crippen molar-refractivity contribution in [3.8, 4) is 11.1 Å². The van der Waals surface area contributed by atoms with Crippen LogP contribution < -0.4 is 5.32 Å². The van der Waals surface area contributed by atoms with E-state index in [4.69, 9.17) is 4.74 Å². The van der Waals surface area contributed by atoms with E-state index in [2.05, 4.69) is 5.32 Å². The van der Waals surface area contributed by atoms with Gasteiger partial charge in [-0.2, -0.15) is 0 Å². The zero-order valence-electron chi connectivity index (χ0n) is 18.9. The van der Waals surface area contributed by atoms with Gasteiger partial charge in [-0.15, -0.1) is 0 Å². The van der Waals surface area contributed by atoms with Crippen molar-refractivity contribution in [1.82, 2.24) is 0 Å². The predicted octanol–water partition coefficient (Wildman–Crippen LogP) is 5.55. The molecule has 0 aromatic heterocycles. The van der Waals surface area contributed by atoms with Crippen molar-refractivity contribution in [2.75, 3.05) is 11.9 Å². The van der Waals surface area contributed by atoms with E-state index in [1.807, 2.05) is 42.5 Å². The summed E-state index contributed by atoms with van der Waals surface area (Å²) in [6, 6.07) is 28.1. The van der Waals surface area contributed by atoms with Crippen LogP contribution in [0.4, 0.5) is 11.4 Å². The molecular weight excluding hydrogens is 460 g/mol. The summed E-state index contributed by atoms with van der Waals surface area (Å²) in [5, 5.41) is 13.5. The molecule has 0 radical (unpaired) electrons. The van der Waals surface area contributed by atoms with E-state index < -0.39 is 23.4 Å². The number of ether oxygens (including phenoxy) is 1. The van der Waals surface area contributed by atoms with Gasteiger partial charge < -0.3 is 10.1 Å². The molecule has 0 saturated carbocycles. The number of benzene rings is 4. The van der Waals surface area contributed by atoms with Gasteiger partial charge in [0.05, 0.1) is 10.5 Å². The Labute approximate surface area is 206 Å². The maximum absolute atomic E-state index is 12.5. The van der Waals surface area contributed by atoms with Crippen LogP contribution in [0.2, 0.25) is 0 Å². The fourth-order valence-corrected chi connectivity index (χ4v) is 3.46. The van der Waals surface area contributed by atoms with E-state index in [0.29, 0.717) is 11.3 Å². The first-order chi connectivity index (χ1) is 17.4. The lowest BCUT2D eigenvalue weighted by molar-refractivity contribution is -0.384. The quantitative estimate of drug-likeness (QED) is 0.153. The van der Waals surface area contributed by atoms with E-state index in [0.717, 1.165) is 17.2 Å². The third-order valence-electron chi connectivity index (χ3n) is 5.32. The van der Waals surface area contributed by atoms with Gasteiger partial charge in [0, 0.05) is 28.9 Å². The highest BCUT2D eigenvalue weighted by molar-refractivity contribution is 6.05. The molecule has 0 aliphatic rings. The molecule has 4 rings (SSSR count). The molecule has 0 aliphatic heterocycles. The van der Waals surface area contributed by atoms with Crippen molar-refractivity contribution in [1.29, 1.82) is 0 Å². The number of amides is 1. The second kappa shape index (κ2) is 10.9. The number of hydrogen-bond acceptors (Lipinski definition) is 6. The molecule has 0 aliphatic carbocycles. The summed E-state index contributed by atoms with van der Waals surface area (Å²) in [5.41, 5.74) is 2.73. The first-order valence-electron chi connectivity index (χ1n) is 10.9. The highest BCUT2D eigenvalue weighted by atomic mass is 16.6. The molecule has 1 N–H and O–H groups in total. The van der Waals surface area contributed by atoms with Crippen LogP contribution in [0, 0.1) is 10.1 Å². The topological polar surface area (TPSA) is 116 Å². The van der Waals surface area contributed by atoms with Crippen LogP contribution in [0.5, 0.6) is 0 Å². The van der Waals surface area contributed by atoms with Crippen LogP contribution >= 0.6 is 0 Å². The van der Waals surface area contributed by atoms with Crippen molar-refractivity contribution < 1.29 is 24.0 Å². The number of anilines is 1. The Morgan fingerprint density at radius 3 is 2.11 bits per heavy atom. The van der Waals surface area contributed by atoms with Crippen LogP contribution in [-0.2, 0) is 4.74 Å². The molecule has 4 aromatic carbocycles. The molecule has 4 aromatic rings. The largest absolute Gasteiger partial charge is 0.454 e. The lowest BCUT2D eigenvalue weighted by Gasteiger charge is -2.08. The van der Waals surface area contributed by atoms with Gasteiger partial charge >= 0.3 is 5.97 Å². The average molecular weight is 480 g/mol. The fourth-order valence-electron chi connectivity index (χ4n) is 3.46. The minimum atomic E-state index is -0.726. The molecule has 0 atom stereocenters. The van der Waals surface area contributed by atoms with Gasteiger partial charge in [-0.3, -0.25) is 19.7 Å². The predicted molar refractivity (Wildman–Crippen MR) is 134 cm³/mol. The van der Waals surface area contributed by atoms with Crippen molar-refractivity contribution in [2.45, 2.75) is 0 Å². The second-order valence-electron chi connectivity index (χ2n) is 7.79. The van der Waals surface area contributed by atoms with Crippen LogP contribution in [0.1, 0.15) is 31.1 Å². The van der Waals surface area contributed by atoms with E-state index in [1.165, 1.54) is 30.3 Å². The summed E-state index contributed by atoms with van der Waals surface area (Å²) in [4.78, 5) is 47.8. The number of Topliss-reactive ketones (excluding diaryl/α,β-unsaturated/α-hetero) is 1. The summed E-state index contributed by atoms with van der Waals surface area (Å²) >= 11 is 0. The maximum Gasteiger partial charge on any atom is 0.338 e. The third-order valence-corrected chi connectivity index (χ3v) is 5.32. The molecule has 0 fully saturated rings. The van der Waals surface area contributed by atoms with Gasteiger partial charge in [-0.05, 0) is 35.4 Å². The summed E-state index contributed by atoms with van der Waals surface area (Å²) in [6.07, 6.45) is 0. The minimum Gasteiger partial charge on any atom is -0.454 e. The number of nitro benzene ring substituents is 1. The van der Waals surface area contributed by atoms with E-state index in [9.17, 15) is 24.5 Å². The zero-order chi connectivity index (χ0) is 25.5. The molecule has 36 heavy (non-hydrogen) atoms. The Morgan fingerprint density at radius 1 is 0.722 bits per heavy atom. The Bertz CT molecular complexity index is 1430. The third kappa shape index (κ3) is 5.87. The number of carbonyl (C=O) groups is 3. The number of carbonyl (C=O) groups excluding carboxylic acids is 3. The van der Waals surface area contributed by atoms with Crippen molar-refractivity contribution in [3.63, 3.8) is 0 Å². The van der Waals surface area contributed by atoms with Crippen LogP contribution in [-0.4, -0.2) is 29.2 Å². The number of hydrogen-bond donors (Lipinski definition) is 1. The van der Waals surface area contributed by atoms with Gasteiger partial charge in [0.15, 0.2) is 12.4 Å². The number of esters is 1. The van der Waals surface area contributed by atoms with Crippen LogP contribution in [0.15, 0.2) is 103 Å². The first-order valence-corrected chi connectivity index (χ1v) is 10.9. The molecule has 0 heterocycles. The number of nitrogens with one attached hydrogen (secondary N) is 1. The Balaban J connectivity index is 1.36. The van der Waals surface area contributed by atoms with Gasteiger partial charge in [0.25, 0.3) is 11.6 Å². The summed E-state index contributed by atoms with van der Waals surface area (Å²) in [5.74, 6) is -1.65. The monoisotopic (exact) mass is 480 g/mol. The highest BCUT2D eigenvalue weighted by Crippen LogP contribution is 2.20. The molecule has 178 valence electrons. The Hall–Kier alpha value is -5.11. The number of ketones is 1. The minimum absolute atomic E-state index is 0.0982. The molecule has 0 unspecified atom stereocenters. The summed E-state index contributed by atoms with van der Waals surface area (Å²) < 4.78 is 5.17. The van der Waals surface area contributed by atoms with Gasteiger partial charge in [0.1, 0.15) is 0 Å². The number of nitrogens with zero attached hydrogens (tertiary/aromatic N) is 1. The second-order valence-corrected chi connectivity index (χ2v) is 7.79. The van der Waals surface area contributed by atoms with Gasteiger partial charge in [-0.1, -0.05) is 66.7 Å². The summed E-state index contributed by atoms with van der Waals surface area (Å²) in [7, 11) is 0. The molecule has 1 amide bonds. The molecule has 0 saturated heterocycles. The van der Waals surface area contributed by atoms with Gasteiger partial charge in [-0.25, -0.2) is 4.79 Å². The standard InChI is InChI=1S/C28H20N2O6/c31-26(21-14-12-20(13-15-21)19-6-2-1-3-7-19)18-36-28(33)23-9-4-10-24(16-23)29-27(32)22-8-5-11-25(17-22)30(34)35/h1-17H,18H2,(H,29,32). The normalized spacial score (nSPS) is 10.3. The molecule has 8 nitrogen and oxygen atoms in total. The summed E-state index contributed by atoms with van der Waals surface area (Å²) in [6.45, 7) is -0.437. The molecule has 0 spiro atoms. The lowest BCUT2D eigenvalue weighted by atomic mass is 10.0. The fraction of sp³-hybridized carbons (Fsp3) is 0.0357. The van der Waals surface area contributed by atoms with E-state index in [-0.39, 0.29) is 22.6 Å². The number of non-ortho nitro benzene ring substituents is 1. The smallest absolute Gasteiger partial charge is 0.338 e. The molecule has 0 bridgehead atoms. The van der Waals surface area contributed by atoms with Gasteiger partial charge in [0.2, 0.25) is 0 Å². The zero-order valence-corrected chi connectivity index (χ0v) is 18.9. The number of rotatable bonds is 8. The molecule has 8 heteroatoms. The highest BCUT2D eigenvalue weighted by Gasteiger charge is 2.15. The average Bonchev–Trinajstić information content (AvgIpc) is 2.92. The maximum atomic E-state index is 12.5.